The van der Waals surface area contributed by atoms with E-state index < -0.39 is 5.97 Å². The van der Waals surface area contributed by atoms with Gasteiger partial charge in [-0.2, -0.15) is 5.10 Å². The van der Waals surface area contributed by atoms with Crippen molar-refractivity contribution in [1.29, 1.82) is 0 Å². The van der Waals surface area contributed by atoms with Crippen molar-refractivity contribution >= 4 is 22.3 Å². The van der Waals surface area contributed by atoms with Crippen molar-refractivity contribution in [3.05, 3.63) is 105 Å². The van der Waals surface area contributed by atoms with Gasteiger partial charge in [-0.15, -0.1) is 11.3 Å². The second kappa shape index (κ2) is 8.48. The van der Waals surface area contributed by atoms with E-state index in [9.17, 15) is 9.59 Å². The molecule has 164 valence electrons. The van der Waals surface area contributed by atoms with Gasteiger partial charge in [-0.1, -0.05) is 42.0 Å². The van der Waals surface area contributed by atoms with Crippen LogP contribution in [0.4, 0.5) is 0 Å². The van der Waals surface area contributed by atoms with E-state index in [1.54, 1.807) is 22.5 Å². The van der Waals surface area contributed by atoms with E-state index in [2.05, 4.69) is 11.1 Å². The normalized spacial score (nSPS) is 11.1. The predicted molar refractivity (Wildman–Crippen MR) is 127 cm³/mol. The summed E-state index contributed by atoms with van der Waals surface area (Å²) in [5, 5.41) is 6.50. The minimum atomic E-state index is -0.527. The van der Waals surface area contributed by atoms with E-state index in [1.165, 1.54) is 21.8 Å². The highest BCUT2D eigenvalue weighted by molar-refractivity contribution is 7.15. The number of esters is 1. The zero-order valence-corrected chi connectivity index (χ0v) is 18.9. The molecule has 0 saturated carbocycles. The standard InChI is InChI=1S/C25H20N4O3S/c1-16-8-9-20(17(2)12-16)23-21(14-29(27-23)19-6-4-3-5-7-19)24(31)32-15-18-13-22(30)28-10-11-33-25(28)26-18/h3-14H,15H2,1-2H3. The van der Waals surface area contributed by atoms with Gasteiger partial charge in [0.1, 0.15) is 17.9 Å². The molecule has 0 saturated heterocycles. The predicted octanol–water partition coefficient (Wildman–Crippen LogP) is 4.58. The molecule has 0 radical (unpaired) electrons. The third-order valence-corrected chi connectivity index (χ3v) is 6.06. The highest BCUT2D eigenvalue weighted by Gasteiger charge is 2.21. The Labute approximate surface area is 193 Å². The SMILES string of the molecule is Cc1ccc(-c2nn(-c3ccccc3)cc2C(=O)OCc2cc(=O)n3ccsc3n2)c(C)c1. The summed E-state index contributed by atoms with van der Waals surface area (Å²) in [4.78, 5) is 30.3. The van der Waals surface area contributed by atoms with Crippen LogP contribution in [-0.4, -0.2) is 25.1 Å². The number of nitrogens with zero attached hydrogens (tertiary/aromatic N) is 4. The number of rotatable bonds is 5. The number of hydrogen-bond acceptors (Lipinski definition) is 6. The Morgan fingerprint density at radius 2 is 1.91 bits per heavy atom. The van der Waals surface area contributed by atoms with Crippen molar-refractivity contribution in [1.82, 2.24) is 19.2 Å². The molecule has 33 heavy (non-hydrogen) atoms. The smallest absolute Gasteiger partial charge is 0.342 e. The van der Waals surface area contributed by atoms with Crippen LogP contribution in [-0.2, 0) is 11.3 Å². The Morgan fingerprint density at radius 1 is 1.09 bits per heavy atom. The van der Waals surface area contributed by atoms with E-state index in [4.69, 9.17) is 9.84 Å². The Hall–Kier alpha value is -4.04. The van der Waals surface area contributed by atoms with Gasteiger partial charge in [0, 0.05) is 29.4 Å². The minimum Gasteiger partial charge on any atom is -0.455 e. The number of carbonyl (C=O) groups is 1. The summed E-state index contributed by atoms with van der Waals surface area (Å²) < 4.78 is 8.70. The van der Waals surface area contributed by atoms with Gasteiger partial charge in [0.15, 0.2) is 4.96 Å². The van der Waals surface area contributed by atoms with Gasteiger partial charge in [0.05, 0.1) is 11.4 Å². The Bertz CT molecular complexity index is 1530. The van der Waals surface area contributed by atoms with E-state index in [0.717, 1.165) is 22.4 Å². The van der Waals surface area contributed by atoms with Gasteiger partial charge in [-0.05, 0) is 31.5 Å². The maximum Gasteiger partial charge on any atom is 0.342 e. The first-order chi connectivity index (χ1) is 16.0. The molecule has 0 bridgehead atoms. The van der Waals surface area contributed by atoms with Crippen LogP contribution in [0.5, 0.6) is 0 Å². The maximum atomic E-state index is 13.1. The van der Waals surface area contributed by atoms with Gasteiger partial charge in [0.25, 0.3) is 5.56 Å². The quantitative estimate of drug-likeness (QED) is 0.362. The van der Waals surface area contributed by atoms with Gasteiger partial charge in [0.2, 0.25) is 0 Å². The second-order valence-corrected chi connectivity index (χ2v) is 8.58. The van der Waals surface area contributed by atoms with Crippen LogP contribution in [0.3, 0.4) is 0 Å². The third kappa shape index (κ3) is 4.08. The van der Waals surface area contributed by atoms with Crippen molar-refractivity contribution in [3.63, 3.8) is 0 Å². The van der Waals surface area contributed by atoms with Crippen molar-refractivity contribution in [2.75, 3.05) is 0 Å². The Balaban J connectivity index is 1.50. The number of aryl methyl sites for hydroxylation is 2. The van der Waals surface area contributed by atoms with Crippen molar-refractivity contribution in [2.24, 2.45) is 0 Å². The summed E-state index contributed by atoms with van der Waals surface area (Å²) >= 11 is 1.35. The minimum absolute atomic E-state index is 0.106. The molecule has 0 spiro atoms. The molecule has 0 fully saturated rings. The van der Waals surface area contributed by atoms with Crippen LogP contribution in [0, 0.1) is 13.8 Å². The summed E-state index contributed by atoms with van der Waals surface area (Å²) in [5.41, 5.74) is 4.92. The zero-order valence-electron chi connectivity index (χ0n) is 18.1. The first-order valence-corrected chi connectivity index (χ1v) is 11.2. The number of hydrogen-bond donors (Lipinski definition) is 0. The summed E-state index contributed by atoms with van der Waals surface area (Å²) in [6.07, 6.45) is 3.34. The molecule has 0 aliphatic carbocycles. The highest BCUT2D eigenvalue weighted by atomic mass is 32.1. The lowest BCUT2D eigenvalue weighted by atomic mass is 10.0. The maximum absolute atomic E-state index is 13.1. The molecule has 5 aromatic rings. The largest absolute Gasteiger partial charge is 0.455 e. The number of benzene rings is 2. The van der Waals surface area contributed by atoms with E-state index in [1.807, 2.05) is 56.3 Å². The first-order valence-electron chi connectivity index (χ1n) is 10.4. The van der Waals surface area contributed by atoms with Crippen LogP contribution in [0.15, 0.2) is 77.2 Å². The topological polar surface area (TPSA) is 78.5 Å². The van der Waals surface area contributed by atoms with Crippen LogP contribution >= 0.6 is 11.3 Å². The number of para-hydroxylation sites is 1. The molecule has 2 aromatic carbocycles. The molecule has 0 N–H and O–H groups in total. The fourth-order valence-electron chi connectivity index (χ4n) is 3.69. The lowest BCUT2D eigenvalue weighted by Crippen LogP contribution is -2.14. The average molecular weight is 457 g/mol. The zero-order chi connectivity index (χ0) is 22.9. The molecule has 8 heteroatoms. The number of thiazole rings is 1. The molecule has 0 aliphatic rings. The Morgan fingerprint density at radius 3 is 2.70 bits per heavy atom. The lowest BCUT2D eigenvalue weighted by Gasteiger charge is -2.07. The van der Waals surface area contributed by atoms with Gasteiger partial charge in [-0.25, -0.2) is 14.5 Å². The van der Waals surface area contributed by atoms with Gasteiger partial charge < -0.3 is 4.74 Å². The highest BCUT2D eigenvalue weighted by Crippen LogP contribution is 2.28. The number of aromatic nitrogens is 4. The molecule has 7 nitrogen and oxygen atoms in total. The van der Waals surface area contributed by atoms with E-state index in [-0.39, 0.29) is 12.2 Å². The average Bonchev–Trinajstić information content (AvgIpc) is 3.46. The van der Waals surface area contributed by atoms with Crippen LogP contribution in [0.25, 0.3) is 21.9 Å². The van der Waals surface area contributed by atoms with E-state index >= 15 is 0 Å². The number of carbonyl (C=O) groups excluding carboxylic acids is 1. The van der Waals surface area contributed by atoms with Crippen molar-refractivity contribution < 1.29 is 9.53 Å². The summed E-state index contributed by atoms with van der Waals surface area (Å²) in [7, 11) is 0. The molecular formula is C25H20N4O3S. The third-order valence-electron chi connectivity index (χ3n) is 5.30. The fraction of sp³-hybridized carbons (Fsp3) is 0.120. The van der Waals surface area contributed by atoms with Crippen LogP contribution < -0.4 is 5.56 Å². The van der Waals surface area contributed by atoms with Crippen LogP contribution in [0.1, 0.15) is 27.2 Å². The first kappa shape index (κ1) is 20.8. The van der Waals surface area contributed by atoms with Gasteiger partial charge >= 0.3 is 5.97 Å². The van der Waals surface area contributed by atoms with Crippen LogP contribution in [0.2, 0.25) is 0 Å². The molecule has 0 aliphatic heterocycles. The molecule has 3 aromatic heterocycles. The molecule has 3 heterocycles. The van der Waals surface area contributed by atoms with E-state index in [0.29, 0.717) is 21.9 Å². The molecule has 0 unspecified atom stereocenters. The summed E-state index contributed by atoms with van der Waals surface area (Å²) in [5.74, 6) is -0.527. The fourth-order valence-corrected chi connectivity index (χ4v) is 4.43. The molecule has 0 atom stereocenters. The Kier molecular flexibility index (Phi) is 5.35. The summed E-state index contributed by atoms with van der Waals surface area (Å²) in [6.45, 7) is 3.91. The molecular weight excluding hydrogens is 436 g/mol. The molecule has 0 amide bonds. The second-order valence-electron chi connectivity index (χ2n) is 7.71. The summed E-state index contributed by atoms with van der Waals surface area (Å²) in [6, 6.07) is 17.0. The van der Waals surface area contributed by atoms with Crippen molar-refractivity contribution in [2.45, 2.75) is 20.5 Å². The lowest BCUT2D eigenvalue weighted by molar-refractivity contribution is 0.0468. The van der Waals surface area contributed by atoms with Crippen molar-refractivity contribution in [3.8, 4) is 16.9 Å². The number of fused-ring (bicyclic) bond motifs is 1. The molecule has 5 rings (SSSR count). The van der Waals surface area contributed by atoms with Gasteiger partial charge in [-0.3, -0.25) is 9.20 Å². The number of ether oxygens (including phenoxy) is 1. The monoisotopic (exact) mass is 456 g/mol.